The lowest BCUT2D eigenvalue weighted by atomic mass is 9.93. The van der Waals surface area contributed by atoms with Crippen molar-refractivity contribution in [1.29, 1.82) is 0 Å². The fourth-order valence-electron chi connectivity index (χ4n) is 4.44. The molecule has 4 rings (SSSR count). The summed E-state index contributed by atoms with van der Waals surface area (Å²) in [5.74, 6) is -1.56. The number of urea groups is 1. The molecule has 8 nitrogen and oxygen atoms in total. The van der Waals surface area contributed by atoms with Crippen molar-refractivity contribution >= 4 is 23.8 Å². The van der Waals surface area contributed by atoms with Crippen molar-refractivity contribution in [3.8, 4) is 0 Å². The lowest BCUT2D eigenvalue weighted by molar-refractivity contribution is -0.138. The Kier molecular flexibility index (Phi) is 7.74. The molecule has 35 heavy (non-hydrogen) atoms. The number of hydrogen-bond donors (Lipinski definition) is 1. The van der Waals surface area contributed by atoms with Crippen LogP contribution in [0.3, 0.4) is 0 Å². The average Bonchev–Trinajstić information content (AvgIpc) is 3.19. The molecule has 2 fully saturated rings. The first-order valence-electron chi connectivity index (χ1n) is 11.8. The van der Waals surface area contributed by atoms with Gasteiger partial charge in [-0.1, -0.05) is 43.5 Å². The van der Waals surface area contributed by atoms with Gasteiger partial charge >= 0.3 is 12.0 Å². The SMILES string of the molecule is O=C(OCC(=O)N(Cc1ccc(F)cc1)C1CCCCC1)c1ccc(CN2C(=O)CNC2=O)cc1. The van der Waals surface area contributed by atoms with Crippen LogP contribution in [0.1, 0.15) is 53.6 Å². The molecule has 1 N–H and O–H groups in total. The fourth-order valence-corrected chi connectivity index (χ4v) is 4.44. The van der Waals surface area contributed by atoms with E-state index in [-0.39, 0.29) is 48.9 Å². The molecule has 0 spiro atoms. The van der Waals surface area contributed by atoms with Crippen LogP contribution < -0.4 is 5.32 Å². The fraction of sp³-hybridized carbons (Fsp3) is 0.385. The maximum Gasteiger partial charge on any atom is 0.338 e. The van der Waals surface area contributed by atoms with E-state index >= 15 is 0 Å². The van der Waals surface area contributed by atoms with E-state index in [0.717, 1.165) is 42.6 Å². The van der Waals surface area contributed by atoms with E-state index in [1.807, 2.05) is 0 Å². The molecular formula is C26H28FN3O5. The van der Waals surface area contributed by atoms with Crippen LogP contribution in [0.15, 0.2) is 48.5 Å². The van der Waals surface area contributed by atoms with Crippen molar-refractivity contribution in [2.75, 3.05) is 13.2 Å². The highest BCUT2D eigenvalue weighted by Crippen LogP contribution is 2.24. The van der Waals surface area contributed by atoms with E-state index in [4.69, 9.17) is 4.74 Å². The summed E-state index contributed by atoms with van der Waals surface area (Å²) < 4.78 is 18.6. The van der Waals surface area contributed by atoms with Gasteiger partial charge in [0, 0.05) is 12.6 Å². The zero-order chi connectivity index (χ0) is 24.8. The van der Waals surface area contributed by atoms with Crippen LogP contribution >= 0.6 is 0 Å². The van der Waals surface area contributed by atoms with Gasteiger partial charge in [-0.05, 0) is 48.2 Å². The molecule has 0 aromatic heterocycles. The summed E-state index contributed by atoms with van der Waals surface area (Å²) in [6, 6.07) is 12.0. The highest BCUT2D eigenvalue weighted by molar-refractivity contribution is 6.01. The third-order valence-corrected chi connectivity index (χ3v) is 6.40. The Balaban J connectivity index is 1.35. The molecule has 1 aliphatic carbocycles. The van der Waals surface area contributed by atoms with Gasteiger partial charge < -0.3 is 15.0 Å². The highest BCUT2D eigenvalue weighted by atomic mass is 19.1. The maximum atomic E-state index is 13.3. The first-order valence-corrected chi connectivity index (χ1v) is 11.8. The number of nitrogens with zero attached hydrogens (tertiary/aromatic N) is 2. The van der Waals surface area contributed by atoms with Crippen LogP contribution in [0.4, 0.5) is 9.18 Å². The first-order chi connectivity index (χ1) is 16.9. The summed E-state index contributed by atoms with van der Waals surface area (Å²) in [7, 11) is 0. The third kappa shape index (κ3) is 6.23. The zero-order valence-electron chi connectivity index (χ0n) is 19.4. The van der Waals surface area contributed by atoms with Gasteiger partial charge in [-0.25, -0.2) is 14.0 Å². The Morgan fingerprint density at radius 1 is 0.971 bits per heavy atom. The molecule has 1 saturated heterocycles. The number of nitrogens with one attached hydrogen (secondary N) is 1. The third-order valence-electron chi connectivity index (χ3n) is 6.40. The molecule has 2 aromatic rings. The smallest absolute Gasteiger partial charge is 0.338 e. The summed E-state index contributed by atoms with van der Waals surface area (Å²) in [4.78, 5) is 51.8. The van der Waals surface area contributed by atoms with Crippen molar-refractivity contribution in [3.05, 3.63) is 71.0 Å². The first kappa shape index (κ1) is 24.4. The van der Waals surface area contributed by atoms with Gasteiger partial charge in [0.2, 0.25) is 5.91 Å². The highest BCUT2D eigenvalue weighted by Gasteiger charge is 2.29. The second kappa shape index (κ2) is 11.1. The van der Waals surface area contributed by atoms with Crippen LogP contribution in [-0.2, 0) is 27.4 Å². The van der Waals surface area contributed by atoms with E-state index in [2.05, 4.69) is 5.32 Å². The number of rotatable bonds is 8. The van der Waals surface area contributed by atoms with Crippen LogP contribution in [-0.4, -0.2) is 52.8 Å². The van der Waals surface area contributed by atoms with Crippen LogP contribution in [0.2, 0.25) is 0 Å². The van der Waals surface area contributed by atoms with E-state index in [0.29, 0.717) is 12.1 Å². The topological polar surface area (TPSA) is 96.0 Å². The molecule has 0 bridgehead atoms. The second-order valence-corrected chi connectivity index (χ2v) is 8.85. The van der Waals surface area contributed by atoms with Gasteiger partial charge in [-0.15, -0.1) is 0 Å². The molecule has 2 aliphatic rings. The number of carbonyl (C=O) groups is 4. The minimum atomic E-state index is -0.634. The van der Waals surface area contributed by atoms with Gasteiger partial charge in [0.25, 0.3) is 5.91 Å². The number of carbonyl (C=O) groups excluding carboxylic acids is 4. The Hall–Kier alpha value is -3.75. The van der Waals surface area contributed by atoms with E-state index in [1.54, 1.807) is 29.2 Å². The van der Waals surface area contributed by atoms with Crippen LogP contribution in [0.25, 0.3) is 0 Å². The Morgan fingerprint density at radius 3 is 2.26 bits per heavy atom. The summed E-state index contributed by atoms with van der Waals surface area (Å²) in [5, 5.41) is 2.46. The van der Waals surface area contributed by atoms with E-state index in [9.17, 15) is 23.6 Å². The second-order valence-electron chi connectivity index (χ2n) is 8.85. The molecule has 2 aromatic carbocycles. The van der Waals surface area contributed by atoms with Crippen molar-refractivity contribution < 1.29 is 28.3 Å². The van der Waals surface area contributed by atoms with Crippen LogP contribution in [0.5, 0.6) is 0 Å². The minimum Gasteiger partial charge on any atom is -0.452 e. The molecule has 0 radical (unpaired) electrons. The molecule has 0 atom stereocenters. The molecule has 184 valence electrons. The maximum absolute atomic E-state index is 13.3. The number of amides is 4. The largest absolute Gasteiger partial charge is 0.452 e. The number of imide groups is 1. The number of esters is 1. The number of hydrogen-bond acceptors (Lipinski definition) is 5. The van der Waals surface area contributed by atoms with Crippen molar-refractivity contribution in [2.45, 2.75) is 51.2 Å². The molecule has 1 saturated carbocycles. The van der Waals surface area contributed by atoms with Gasteiger partial charge in [0.1, 0.15) is 5.82 Å². The summed E-state index contributed by atoms with van der Waals surface area (Å²) in [6.07, 6.45) is 4.99. The lowest BCUT2D eigenvalue weighted by Gasteiger charge is -2.34. The van der Waals surface area contributed by atoms with Crippen LogP contribution in [0, 0.1) is 5.82 Å². The predicted molar refractivity (Wildman–Crippen MR) is 124 cm³/mol. The zero-order valence-corrected chi connectivity index (χ0v) is 19.4. The summed E-state index contributed by atoms with van der Waals surface area (Å²) in [5.41, 5.74) is 1.77. The number of ether oxygens (including phenoxy) is 1. The number of benzene rings is 2. The molecule has 0 unspecified atom stereocenters. The minimum absolute atomic E-state index is 0.0176. The Labute approximate surface area is 203 Å². The Morgan fingerprint density at radius 2 is 1.63 bits per heavy atom. The molecule has 1 aliphatic heterocycles. The number of halogens is 1. The standard InChI is InChI=1S/C26H28FN3O5/c27-21-12-8-19(9-13-21)15-29(22-4-2-1-3-5-22)24(32)17-35-25(33)20-10-6-18(7-11-20)16-30-23(31)14-28-26(30)34/h6-13,22H,1-5,14-17H2,(H,28,34). The van der Waals surface area contributed by atoms with Crippen molar-refractivity contribution in [1.82, 2.24) is 15.1 Å². The quantitative estimate of drug-likeness (QED) is 0.461. The van der Waals surface area contributed by atoms with Gasteiger partial charge in [0.15, 0.2) is 6.61 Å². The monoisotopic (exact) mass is 481 g/mol. The van der Waals surface area contributed by atoms with Gasteiger partial charge in [-0.2, -0.15) is 0 Å². The molecule has 1 heterocycles. The average molecular weight is 482 g/mol. The molecule has 9 heteroatoms. The van der Waals surface area contributed by atoms with Crippen molar-refractivity contribution in [2.24, 2.45) is 0 Å². The van der Waals surface area contributed by atoms with Gasteiger partial charge in [0.05, 0.1) is 18.7 Å². The summed E-state index contributed by atoms with van der Waals surface area (Å²) in [6.45, 7) is 0.0358. The Bertz CT molecular complexity index is 1070. The van der Waals surface area contributed by atoms with Crippen molar-refractivity contribution in [3.63, 3.8) is 0 Å². The van der Waals surface area contributed by atoms with Gasteiger partial charge in [-0.3, -0.25) is 14.5 Å². The summed E-state index contributed by atoms with van der Waals surface area (Å²) >= 11 is 0. The normalized spacial score (nSPS) is 16.2. The van der Waals surface area contributed by atoms with E-state index < -0.39 is 12.0 Å². The molecular weight excluding hydrogens is 453 g/mol. The predicted octanol–water partition coefficient (Wildman–Crippen LogP) is 3.40. The lowest BCUT2D eigenvalue weighted by Crippen LogP contribution is -2.43. The van der Waals surface area contributed by atoms with E-state index in [1.165, 1.54) is 24.3 Å². The molecule has 4 amide bonds.